The van der Waals surface area contributed by atoms with E-state index in [1.807, 2.05) is 62.4 Å². The molecular weight excluding hydrogens is 256 g/mol. The molecule has 0 saturated heterocycles. The Balaban J connectivity index is 2.35. The average molecular weight is 274 g/mol. The summed E-state index contributed by atoms with van der Waals surface area (Å²) < 4.78 is 6.03. The predicted octanol–water partition coefficient (Wildman–Crippen LogP) is 5.00. The molecule has 0 fully saturated rings. The van der Waals surface area contributed by atoms with Crippen molar-refractivity contribution in [3.63, 3.8) is 0 Å². The quantitative estimate of drug-likeness (QED) is 0.700. The second kappa shape index (κ2) is 7.83. The Kier molecular flexibility index (Phi) is 5.50. The van der Waals surface area contributed by atoms with E-state index < -0.39 is 0 Å². The Hall–Kier alpha value is -2.64. The molecule has 2 aromatic rings. The number of para-hydroxylation sites is 2. The molecule has 0 unspecified atom stereocenters. The molecule has 104 valence electrons. The van der Waals surface area contributed by atoms with E-state index in [0.29, 0.717) is 0 Å². The first-order chi connectivity index (χ1) is 10.3. The van der Waals surface area contributed by atoms with E-state index in [4.69, 9.17) is 4.74 Å². The minimum Gasteiger partial charge on any atom is -0.455 e. The lowest BCUT2D eigenvalue weighted by Gasteiger charge is -2.09. The van der Waals surface area contributed by atoms with Crippen molar-refractivity contribution in [1.82, 2.24) is 0 Å². The Labute approximate surface area is 127 Å². The zero-order chi connectivity index (χ0) is 14.9. The zero-order valence-electron chi connectivity index (χ0n) is 12.4. The van der Waals surface area contributed by atoms with E-state index in [0.717, 1.165) is 35.5 Å². The van der Waals surface area contributed by atoms with Gasteiger partial charge < -0.3 is 4.74 Å². The van der Waals surface area contributed by atoms with Gasteiger partial charge >= 0.3 is 0 Å². The lowest BCUT2D eigenvalue weighted by Crippen LogP contribution is -1.90. The predicted molar refractivity (Wildman–Crippen MR) is 87.3 cm³/mol. The number of benzene rings is 2. The summed E-state index contributed by atoms with van der Waals surface area (Å²) in [6.45, 7) is 4.07. The summed E-state index contributed by atoms with van der Waals surface area (Å²) in [6, 6.07) is 15.6. The van der Waals surface area contributed by atoms with Crippen LogP contribution in [0.2, 0.25) is 0 Å². The van der Waals surface area contributed by atoms with Crippen molar-refractivity contribution >= 4 is 0 Å². The molecule has 0 N–H and O–H groups in total. The van der Waals surface area contributed by atoms with Crippen molar-refractivity contribution in [3.8, 4) is 35.2 Å². The van der Waals surface area contributed by atoms with E-state index >= 15 is 0 Å². The smallest absolute Gasteiger partial charge is 0.143 e. The van der Waals surface area contributed by atoms with Gasteiger partial charge in [0.25, 0.3) is 0 Å². The molecule has 0 aliphatic heterocycles. The average Bonchev–Trinajstić information content (AvgIpc) is 2.53. The number of ether oxygens (including phenoxy) is 1. The van der Waals surface area contributed by atoms with Gasteiger partial charge in [0.2, 0.25) is 0 Å². The highest BCUT2D eigenvalue weighted by atomic mass is 16.5. The van der Waals surface area contributed by atoms with Crippen LogP contribution in [0.5, 0.6) is 11.5 Å². The van der Waals surface area contributed by atoms with E-state index in [9.17, 15) is 0 Å². The highest BCUT2D eigenvalue weighted by Gasteiger charge is 2.05. The van der Waals surface area contributed by atoms with Gasteiger partial charge in [-0.05, 0) is 24.3 Å². The largest absolute Gasteiger partial charge is 0.455 e. The lowest BCUT2D eigenvalue weighted by atomic mass is 10.1. The van der Waals surface area contributed by atoms with Gasteiger partial charge in [-0.3, -0.25) is 0 Å². The molecule has 0 saturated carbocycles. The fraction of sp³-hybridized carbons (Fsp3) is 0.200. The standard InChI is InChI=1S/C20H18O/c1-3-5-11-17-13-7-9-15-19(17)21-20-16-10-8-14-18(20)12-6-4-2/h7-10,13-16H,3-4H2,1-2H3. The summed E-state index contributed by atoms with van der Waals surface area (Å²) in [7, 11) is 0. The van der Waals surface area contributed by atoms with Crippen LogP contribution in [-0.4, -0.2) is 0 Å². The van der Waals surface area contributed by atoms with Crippen molar-refractivity contribution < 1.29 is 4.74 Å². The molecule has 1 nitrogen and oxygen atoms in total. The van der Waals surface area contributed by atoms with Crippen LogP contribution in [0.15, 0.2) is 48.5 Å². The molecule has 0 aliphatic rings. The fourth-order valence-electron chi connectivity index (χ4n) is 1.80. The highest BCUT2D eigenvalue weighted by Crippen LogP contribution is 2.27. The first kappa shape index (κ1) is 14.8. The Morgan fingerprint density at radius 2 is 1.14 bits per heavy atom. The molecule has 0 heterocycles. The zero-order valence-corrected chi connectivity index (χ0v) is 12.4. The van der Waals surface area contributed by atoms with Crippen LogP contribution in [-0.2, 0) is 0 Å². The molecule has 0 atom stereocenters. The van der Waals surface area contributed by atoms with Crippen molar-refractivity contribution in [3.05, 3.63) is 59.7 Å². The molecule has 1 heteroatoms. The fourth-order valence-corrected chi connectivity index (χ4v) is 1.80. The van der Waals surface area contributed by atoms with Gasteiger partial charge in [-0.1, -0.05) is 61.8 Å². The maximum atomic E-state index is 6.03. The summed E-state index contributed by atoms with van der Waals surface area (Å²) in [5.41, 5.74) is 1.80. The minimum atomic E-state index is 0.768. The monoisotopic (exact) mass is 274 g/mol. The first-order valence-corrected chi connectivity index (χ1v) is 7.18. The molecule has 0 radical (unpaired) electrons. The van der Waals surface area contributed by atoms with Crippen LogP contribution in [0.4, 0.5) is 0 Å². The molecule has 0 spiro atoms. The normalized spacial score (nSPS) is 9.05. The van der Waals surface area contributed by atoms with Crippen molar-refractivity contribution in [2.75, 3.05) is 0 Å². The first-order valence-electron chi connectivity index (χ1n) is 7.18. The Morgan fingerprint density at radius 3 is 1.57 bits per heavy atom. The third-order valence-electron chi connectivity index (χ3n) is 2.79. The highest BCUT2D eigenvalue weighted by molar-refractivity contribution is 5.52. The van der Waals surface area contributed by atoms with Gasteiger partial charge in [-0.15, -0.1) is 0 Å². The minimum absolute atomic E-state index is 0.768. The van der Waals surface area contributed by atoms with Gasteiger partial charge in [0.05, 0.1) is 11.1 Å². The number of hydrogen-bond donors (Lipinski definition) is 0. The van der Waals surface area contributed by atoms with E-state index in [-0.39, 0.29) is 0 Å². The lowest BCUT2D eigenvalue weighted by molar-refractivity contribution is 0.480. The van der Waals surface area contributed by atoms with Crippen LogP contribution in [0.25, 0.3) is 0 Å². The second-order valence-electron chi connectivity index (χ2n) is 4.41. The summed E-state index contributed by atoms with van der Waals surface area (Å²) in [5.74, 6) is 14.0. The molecule has 0 amide bonds. The maximum absolute atomic E-state index is 6.03. The second-order valence-corrected chi connectivity index (χ2v) is 4.41. The molecule has 2 rings (SSSR count). The third kappa shape index (κ3) is 4.16. The third-order valence-corrected chi connectivity index (χ3v) is 2.79. The summed E-state index contributed by atoms with van der Waals surface area (Å²) in [6.07, 6.45) is 1.65. The van der Waals surface area contributed by atoms with Gasteiger partial charge in [0.1, 0.15) is 11.5 Å². The number of hydrogen-bond acceptors (Lipinski definition) is 1. The van der Waals surface area contributed by atoms with Gasteiger partial charge in [-0.2, -0.15) is 0 Å². The molecule has 21 heavy (non-hydrogen) atoms. The molecular formula is C20H18O. The van der Waals surface area contributed by atoms with Crippen LogP contribution in [0.1, 0.15) is 37.8 Å². The van der Waals surface area contributed by atoms with Gasteiger partial charge in [0.15, 0.2) is 0 Å². The van der Waals surface area contributed by atoms with Crippen LogP contribution < -0.4 is 4.74 Å². The van der Waals surface area contributed by atoms with Crippen molar-refractivity contribution in [1.29, 1.82) is 0 Å². The molecule has 0 bridgehead atoms. The Morgan fingerprint density at radius 1 is 0.714 bits per heavy atom. The maximum Gasteiger partial charge on any atom is 0.143 e. The topological polar surface area (TPSA) is 9.23 Å². The van der Waals surface area contributed by atoms with Crippen molar-refractivity contribution in [2.24, 2.45) is 0 Å². The summed E-state index contributed by atoms with van der Waals surface area (Å²) >= 11 is 0. The van der Waals surface area contributed by atoms with E-state index in [2.05, 4.69) is 23.7 Å². The van der Waals surface area contributed by atoms with Gasteiger partial charge in [0, 0.05) is 12.8 Å². The number of rotatable bonds is 2. The molecule has 0 aliphatic carbocycles. The van der Waals surface area contributed by atoms with Crippen LogP contribution in [0, 0.1) is 23.7 Å². The molecule has 0 aromatic heterocycles. The van der Waals surface area contributed by atoms with E-state index in [1.165, 1.54) is 0 Å². The van der Waals surface area contributed by atoms with Crippen LogP contribution in [0.3, 0.4) is 0 Å². The molecule has 2 aromatic carbocycles. The van der Waals surface area contributed by atoms with E-state index in [1.54, 1.807) is 0 Å². The summed E-state index contributed by atoms with van der Waals surface area (Å²) in [4.78, 5) is 0. The van der Waals surface area contributed by atoms with Crippen molar-refractivity contribution in [2.45, 2.75) is 26.7 Å². The van der Waals surface area contributed by atoms with Crippen LogP contribution >= 0.6 is 0 Å². The Bertz CT molecular complexity index is 657. The SMILES string of the molecule is CCC#Cc1ccccc1Oc1ccccc1C#CCC. The summed E-state index contributed by atoms with van der Waals surface area (Å²) in [5, 5.41) is 0. The van der Waals surface area contributed by atoms with Gasteiger partial charge in [-0.25, -0.2) is 0 Å².